The predicted molar refractivity (Wildman–Crippen MR) is 173 cm³/mol. The van der Waals surface area contributed by atoms with Crippen LogP contribution >= 0.6 is 0 Å². The van der Waals surface area contributed by atoms with E-state index in [0.29, 0.717) is 25.9 Å². The zero-order valence-electron chi connectivity index (χ0n) is 27.1. The fraction of sp³-hybridized carbons (Fsp3) is 0.486. The lowest BCUT2D eigenvalue weighted by atomic mass is 10.0. The molecule has 2 atom stereocenters. The number of amides is 4. The van der Waals surface area contributed by atoms with Gasteiger partial charge in [-0.3, -0.25) is 14.4 Å². The van der Waals surface area contributed by atoms with Crippen molar-refractivity contribution in [2.45, 2.75) is 98.0 Å². The first-order chi connectivity index (χ1) is 20.9. The van der Waals surface area contributed by atoms with E-state index in [0.717, 1.165) is 24.0 Å². The minimum atomic E-state index is -0.829. The zero-order valence-corrected chi connectivity index (χ0v) is 27.1. The average molecular weight is 607 g/mol. The highest BCUT2D eigenvalue weighted by atomic mass is 16.6. The molecule has 2 rings (SSSR count). The molecule has 0 aromatic heterocycles. The normalized spacial score (nSPS) is 12.8. The third kappa shape index (κ3) is 14.4. The minimum Gasteiger partial charge on any atom is -0.444 e. The summed E-state index contributed by atoms with van der Waals surface area (Å²) in [5, 5.41) is 8.30. The quantitative estimate of drug-likeness (QED) is 0.218. The summed E-state index contributed by atoms with van der Waals surface area (Å²) in [6.07, 6.45) is 4.80. The smallest absolute Gasteiger partial charge is 0.408 e. The zero-order chi connectivity index (χ0) is 32.5. The summed E-state index contributed by atoms with van der Waals surface area (Å²) >= 11 is 0. The molecule has 0 spiro atoms. The van der Waals surface area contributed by atoms with E-state index in [1.807, 2.05) is 81.4 Å². The summed E-state index contributed by atoms with van der Waals surface area (Å²) < 4.78 is 5.34. The van der Waals surface area contributed by atoms with Crippen LogP contribution in [0.1, 0.15) is 78.4 Å². The van der Waals surface area contributed by atoms with Gasteiger partial charge in [0.2, 0.25) is 17.7 Å². The molecule has 0 aliphatic heterocycles. The average Bonchev–Trinajstić information content (AvgIpc) is 2.96. The fourth-order valence-electron chi connectivity index (χ4n) is 4.47. The maximum absolute atomic E-state index is 13.2. The minimum absolute atomic E-state index is 0.120. The Morgan fingerprint density at radius 3 is 1.91 bits per heavy atom. The molecule has 0 bridgehead atoms. The number of hydrogen-bond donors (Lipinski definition) is 3. The van der Waals surface area contributed by atoms with Crippen LogP contribution in [0.3, 0.4) is 0 Å². The molecule has 2 aromatic rings. The third-order valence-electron chi connectivity index (χ3n) is 6.59. The Kier molecular flexibility index (Phi) is 15.2. The van der Waals surface area contributed by atoms with Gasteiger partial charge in [0.1, 0.15) is 17.7 Å². The second-order valence-corrected chi connectivity index (χ2v) is 12.3. The number of alkyl carbamates (subject to hydrolysis) is 1. The van der Waals surface area contributed by atoms with Crippen LogP contribution in [0.2, 0.25) is 0 Å². The lowest BCUT2D eigenvalue weighted by molar-refractivity contribution is -0.130. The Morgan fingerprint density at radius 2 is 1.41 bits per heavy atom. The maximum Gasteiger partial charge on any atom is 0.408 e. The van der Waals surface area contributed by atoms with E-state index in [9.17, 15) is 19.2 Å². The molecule has 4 amide bonds. The van der Waals surface area contributed by atoms with Crippen molar-refractivity contribution in [2.24, 2.45) is 5.92 Å². The second kappa shape index (κ2) is 18.5. The highest BCUT2D eigenvalue weighted by molar-refractivity contribution is 5.91. The summed E-state index contributed by atoms with van der Waals surface area (Å²) in [6.45, 7) is 12.2. The molecule has 0 saturated carbocycles. The number of nitrogens with one attached hydrogen (secondary N) is 3. The molecule has 0 aliphatic rings. The van der Waals surface area contributed by atoms with Gasteiger partial charge in [0, 0.05) is 25.7 Å². The lowest BCUT2D eigenvalue weighted by Crippen LogP contribution is -2.54. The van der Waals surface area contributed by atoms with E-state index in [-0.39, 0.29) is 24.3 Å². The van der Waals surface area contributed by atoms with E-state index >= 15 is 0 Å². The first-order valence-electron chi connectivity index (χ1n) is 15.5. The molecule has 0 fully saturated rings. The predicted octanol–water partition coefficient (Wildman–Crippen LogP) is 5.50. The van der Waals surface area contributed by atoms with Crippen molar-refractivity contribution in [3.05, 3.63) is 83.9 Å². The number of rotatable bonds is 16. The molecule has 0 aliphatic carbocycles. The largest absolute Gasteiger partial charge is 0.444 e. The molecular formula is C35H50N4O5. The van der Waals surface area contributed by atoms with Crippen LogP contribution in [0.15, 0.2) is 72.8 Å². The third-order valence-corrected chi connectivity index (χ3v) is 6.59. The van der Waals surface area contributed by atoms with Gasteiger partial charge in [-0.2, -0.15) is 0 Å². The van der Waals surface area contributed by atoms with Crippen molar-refractivity contribution < 1.29 is 23.9 Å². The number of carbonyl (C=O) groups excluding carboxylic acids is 4. The van der Waals surface area contributed by atoms with Gasteiger partial charge in [-0.25, -0.2) is 4.79 Å². The van der Waals surface area contributed by atoms with Crippen LogP contribution in [-0.2, 0) is 32.2 Å². The molecule has 240 valence electrons. The van der Waals surface area contributed by atoms with Crippen LogP contribution in [-0.4, -0.2) is 52.9 Å². The number of carbonyl (C=O) groups is 4. The number of nitrogens with zero attached hydrogens (tertiary/aromatic N) is 1. The monoisotopic (exact) mass is 606 g/mol. The summed E-state index contributed by atoms with van der Waals surface area (Å²) in [5.74, 6) is -0.846. The Hall–Kier alpha value is -4.14. The molecule has 2 aromatic carbocycles. The topological polar surface area (TPSA) is 117 Å². The SMILES string of the molecule is CCCC[C@H](NC(=O)OC(C)(C)C)C(=O)N[C@@H](CC(C)C)C(=O)NC/C=C/C(=O)N(Cc1ccccc1)Cc1ccccc1. The molecule has 44 heavy (non-hydrogen) atoms. The van der Waals surface area contributed by atoms with Crippen molar-refractivity contribution in [3.63, 3.8) is 0 Å². The Morgan fingerprint density at radius 1 is 0.841 bits per heavy atom. The molecule has 3 N–H and O–H groups in total. The molecular weight excluding hydrogens is 556 g/mol. The highest BCUT2D eigenvalue weighted by Crippen LogP contribution is 2.12. The molecule has 0 heterocycles. The number of unbranched alkanes of at least 4 members (excludes halogenated alkanes) is 1. The van der Waals surface area contributed by atoms with Gasteiger partial charge in [0.15, 0.2) is 0 Å². The van der Waals surface area contributed by atoms with Crippen LogP contribution in [0, 0.1) is 5.92 Å². The highest BCUT2D eigenvalue weighted by Gasteiger charge is 2.28. The van der Waals surface area contributed by atoms with E-state index < -0.39 is 29.7 Å². The summed E-state index contributed by atoms with van der Waals surface area (Å²) in [7, 11) is 0. The summed E-state index contributed by atoms with van der Waals surface area (Å²) in [5.41, 5.74) is 1.33. The van der Waals surface area contributed by atoms with Crippen LogP contribution in [0.5, 0.6) is 0 Å². The van der Waals surface area contributed by atoms with Gasteiger partial charge in [-0.15, -0.1) is 0 Å². The van der Waals surface area contributed by atoms with Gasteiger partial charge in [0.05, 0.1) is 0 Å². The van der Waals surface area contributed by atoms with Gasteiger partial charge < -0.3 is 25.6 Å². The van der Waals surface area contributed by atoms with Crippen molar-refractivity contribution >= 4 is 23.8 Å². The first-order valence-corrected chi connectivity index (χ1v) is 15.5. The Labute approximate surface area is 262 Å². The second-order valence-electron chi connectivity index (χ2n) is 12.3. The number of benzene rings is 2. The maximum atomic E-state index is 13.2. The number of hydrogen-bond acceptors (Lipinski definition) is 5. The van der Waals surface area contributed by atoms with E-state index in [4.69, 9.17) is 4.74 Å². The van der Waals surface area contributed by atoms with Gasteiger partial charge >= 0.3 is 6.09 Å². The van der Waals surface area contributed by atoms with Crippen molar-refractivity contribution in [1.82, 2.24) is 20.9 Å². The first kappa shape index (κ1) is 36.1. The van der Waals surface area contributed by atoms with Gasteiger partial charge in [-0.05, 0) is 50.7 Å². The Balaban J connectivity index is 2.04. The van der Waals surface area contributed by atoms with E-state index in [1.165, 1.54) is 6.08 Å². The molecule has 0 radical (unpaired) electrons. The van der Waals surface area contributed by atoms with E-state index in [1.54, 1.807) is 31.7 Å². The van der Waals surface area contributed by atoms with E-state index in [2.05, 4.69) is 16.0 Å². The molecule has 0 saturated heterocycles. The fourth-order valence-corrected chi connectivity index (χ4v) is 4.47. The summed E-state index contributed by atoms with van der Waals surface area (Å²) in [4.78, 5) is 53.7. The molecule has 9 heteroatoms. The van der Waals surface area contributed by atoms with Gasteiger partial charge in [-0.1, -0.05) is 100 Å². The van der Waals surface area contributed by atoms with Crippen molar-refractivity contribution in [2.75, 3.05) is 6.54 Å². The standard InChI is InChI=1S/C35H50N4O5/c1-7-8-20-29(38-34(43)44-35(4,5)6)33(42)37-30(23-26(2)3)32(41)36-22-15-21-31(40)39(24-27-16-11-9-12-17-27)25-28-18-13-10-14-19-28/h9-19,21,26,29-30H,7-8,20,22-25H2,1-6H3,(H,36,41)(H,37,42)(H,38,43)/b21-15+/t29-,30-/m0/s1. The lowest BCUT2D eigenvalue weighted by Gasteiger charge is -2.25. The van der Waals surface area contributed by atoms with Crippen LogP contribution in [0.4, 0.5) is 4.79 Å². The number of ether oxygens (including phenoxy) is 1. The van der Waals surface area contributed by atoms with Gasteiger partial charge in [0.25, 0.3) is 0 Å². The van der Waals surface area contributed by atoms with Crippen molar-refractivity contribution in [3.8, 4) is 0 Å². The van der Waals surface area contributed by atoms with Crippen molar-refractivity contribution in [1.29, 1.82) is 0 Å². The van der Waals surface area contributed by atoms with Crippen LogP contribution in [0.25, 0.3) is 0 Å². The molecule has 0 unspecified atom stereocenters. The summed E-state index contributed by atoms with van der Waals surface area (Å²) in [6, 6.07) is 17.9. The Bertz CT molecular complexity index is 1170. The van der Waals surface area contributed by atoms with Crippen LogP contribution < -0.4 is 16.0 Å². The molecule has 9 nitrogen and oxygen atoms in total.